The quantitative estimate of drug-likeness (QED) is 0.714. The van der Waals surface area contributed by atoms with Crippen molar-refractivity contribution in [3.63, 3.8) is 0 Å². The average Bonchev–Trinajstić information content (AvgIpc) is 2.99. The van der Waals surface area contributed by atoms with E-state index in [4.69, 9.17) is 0 Å². The van der Waals surface area contributed by atoms with Gasteiger partial charge in [0.25, 0.3) is 0 Å². The zero-order valence-corrected chi connectivity index (χ0v) is 12.0. The van der Waals surface area contributed by atoms with E-state index in [0.717, 1.165) is 27.0 Å². The zero-order chi connectivity index (χ0) is 15.6. The van der Waals surface area contributed by atoms with Gasteiger partial charge in [-0.25, -0.2) is 14.8 Å². The number of carboxylic acids is 1. The Balaban J connectivity index is 2.24. The van der Waals surface area contributed by atoms with Crippen LogP contribution in [0, 0.1) is 17.4 Å². The Morgan fingerprint density at radius 1 is 1.14 bits per heavy atom. The molecule has 22 heavy (non-hydrogen) atoms. The topological polar surface area (TPSA) is 82.2 Å². The van der Waals surface area contributed by atoms with Gasteiger partial charge < -0.3 is 10.2 Å². The molecule has 2 aliphatic heterocycles. The minimum Gasteiger partial charge on any atom is -0.507 e. The second-order valence-corrected chi connectivity index (χ2v) is 5.47. The molecule has 0 atom stereocenters. The maximum atomic E-state index is 11.3. The molecule has 0 bridgehead atoms. The van der Waals surface area contributed by atoms with Crippen LogP contribution in [0.25, 0.3) is 5.57 Å². The van der Waals surface area contributed by atoms with Crippen molar-refractivity contribution in [3.8, 4) is 5.75 Å². The Labute approximate surface area is 124 Å². The predicted molar refractivity (Wildman–Crippen MR) is 81.2 cm³/mol. The first-order valence-electron chi connectivity index (χ1n) is 6.87. The molecule has 2 aromatic carbocycles. The number of carbonyl (C=O) groups is 1. The molecule has 0 amide bonds. The number of phenols is 1. The Morgan fingerprint density at radius 2 is 1.91 bits per heavy atom. The monoisotopic (exact) mass is 292 g/mol. The Morgan fingerprint density at radius 3 is 2.64 bits per heavy atom. The number of aliphatic carboxylic acids is 1. The molecule has 0 aliphatic carbocycles. The maximum Gasteiger partial charge on any atom is 0.354 e. The number of benzene rings is 2. The molecule has 0 unspecified atom stereocenters. The third-order valence-electron chi connectivity index (χ3n) is 4.21. The molecule has 0 saturated carbocycles. The Bertz CT molecular complexity index is 1130. The number of nitrogens with zero attached hydrogens (tertiary/aromatic N) is 2. The van der Waals surface area contributed by atoms with Crippen molar-refractivity contribution in [1.82, 2.24) is 0 Å². The van der Waals surface area contributed by atoms with Crippen LogP contribution < -0.4 is 10.6 Å². The van der Waals surface area contributed by atoms with E-state index >= 15 is 0 Å². The summed E-state index contributed by atoms with van der Waals surface area (Å²) in [5, 5.41) is 22.4. The lowest BCUT2D eigenvalue weighted by Gasteiger charge is -2.02. The minimum atomic E-state index is -1.03. The number of hydrogen-bond acceptors (Lipinski definition) is 4. The van der Waals surface area contributed by atoms with Crippen molar-refractivity contribution in [3.05, 3.63) is 50.8 Å². The second kappa shape index (κ2) is 4.04. The first-order chi connectivity index (χ1) is 10.5. The molecular formula is C17H12N2O3. The van der Waals surface area contributed by atoms with E-state index in [0.29, 0.717) is 16.5 Å². The van der Waals surface area contributed by atoms with E-state index < -0.39 is 5.97 Å². The predicted octanol–water partition coefficient (Wildman–Crippen LogP) is 1.59. The molecule has 2 heterocycles. The summed E-state index contributed by atoms with van der Waals surface area (Å²) in [5.74, 6) is -0.867. The summed E-state index contributed by atoms with van der Waals surface area (Å²) >= 11 is 0. The van der Waals surface area contributed by atoms with Crippen LogP contribution in [0.5, 0.6) is 5.75 Å². The van der Waals surface area contributed by atoms with Gasteiger partial charge in [0.1, 0.15) is 5.75 Å². The zero-order valence-electron chi connectivity index (χ0n) is 12.0. The van der Waals surface area contributed by atoms with Crippen LogP contribution in [0.2, 0.25) is 0 Å². The van der Waals surface area contributed by atoms with Crippen LogP contribution in [-0.4, -0.2) is 21.9 Å². The Kier molecular flexibility index (Phi) is 2.34. The van der Waals surface area contributed by atoms with Gasteiger partial charge in [0.15, 0.2) is 5.71 Å². The smallest absolute Gasteiger partial charge is 0.354 e. The minimum absolute atomic E-state index is 0.0688. The van der Waals surface area contributed by atoms with Crippen molar-refractivity contribution in [2.45, 2.75) is 13.8 Å². The summed E-state index contributed by atoms with van der Waals surface area (Å²) in [7, 11) is 0. The standard InChI is InChI=1S/C17H12N2O3/c1-7-13-8(2)16(17(21)22)19-11(13)6-9-14-10(18-15(7)9)4-3-5-12(14)20/h3-6,20H,1-2H3,(H,21,22). The molecule has 2 N–H and O–H groups in total. The molecule has 2 aromatic rings. The first kappa shape index (κ1) is 12.8. The van der Waals surface area contributed by atoms with Crippen molar-refractivity contribution in [2.24, 2.45) is 9.98 Å². The number of rotatable bonds is 1. The molecule has 2 aliphatic rings. The average molecular weight is 292 g/mol. The Hall–Kier alpha value is -2.95. The molecule has 0 spiro atoms. The first-order valence-corrected chi connectivity index (χ1v) is 6.87. The van der Waals surface area contributed by atoms with Crippen molar-refractivity contribution in [2.75, 3.05) is 0 Å². The molecule has 4 rings (SSSR count). The van der Waals surface area contributed by atoms with Crippen LogP contribution in [0.1, 0.15) is 12.5 Å². The number of carboxylic acid groups (broad SMARTS) is 1. The van der Waals surface area contributed by atoms with E-state index in [1.54, 1.807) is 19.1 Å². The fourth-order valence-electron chi connectivity index (χ4n) is 3.23. The van der Waals surface area contributed by atoms with Crippen LogP contribution >= 0.6 is 0 Å². The van der Waals surface area contributed by atoms with Gasteiger partial charge in [0, 0.05) is 10.4 Å². The van der Waals surface area contributed by atoms with Gasteiger partial charge in [0.05, 0.1) is 22.0 Å². The van der Waals surface area contributed by atoms with Crippen molar-refractivity contribution in [1.29, 1.82) is 0 Å². The molecule has 108 valence electrons. The molecule has 0 aromatic heterocycles. The highest BCUT2D eigenvalue weighted by Crippen LogP contribution is 2.29. The number of phenolic OH excluding ortho intramolecular Hbond substituents is 1. The highest BCUT2D eigenvalue weighted by Gasteiger charge is 2.23. The third-order valence-corrected chi connectivity index (χ3v) is 4.21. The van der Waals surface area contributed by atoms with Gasteiger partial charge in [-0.2, -0.15) is 0 Å². The van der Waals surface area contributed by atoms with Crippen LogP contribution in [0.15, 0.2) is 34.3 Å². The van der Waals surface area contributed by atoms with E-state index in [1.165, 1.54) is 0 Å². The van der Waals surface area contributed by atoms with Crippen LogP contribution in [0.4, 0.5) is 11.4 Å². The molecule has 0 saturated heterocycles. The lowest BCUT2D eigenvalue weighted by atomic mass is 10.0. The maximum absolute atomic E-state index is 11.3. The molecule has 5 nitrogen and oxygen atoms in total. The van der Waals surface area contributed by atoms with Gasteiger partial charge in [0.2, 0.25) is 0 Å². The summed E-state index contributed by atoms with van der Waals surface area (Å²) < 4.78 is 0. The normalized spacial score (nSPS) is 14.1. The summed E-state index contributed by atoms with van der Waals surface area (Å²) in [6.45, 7) is 3.67. The van der Waals surface area contributed by atoms with Crippen molar-refractivity contribution >= 4 is 28.6 Å². The van der Waals surface area contributed by atoms with Gasteiger partial charge in [-0.15, -0.1) is 0 Å². The number of aromatic hydroxyl groups is 1. The van der Waals surface area contributed by atoms with E-state index in [-0.39, 0.29) is 11.5 Å². The van der Waals surface area contributed by atoms with Crippen LogP contribution in [0.3, 0.4) is 0 Å². The second-order valence-electron chi connectivity index (χ2n) is 5.47. The molecule has 0 radical (unpaired) electrons. The summed E-state index contributed by atoms with van der Waals surface area (Å²) in [4.78, 5) is 20.1. The third kappa shape index (κ3) is 1.45. The number of hydrogen-bond donors (Lipinski definition) is 2. The van der Waals surface area contributed by atoms with Gasteiger partial charge >= 0.3 is 5.97 Å². The molecule has 5 heteroatoms. The van der Waals surface area contributed by atoms with Gasteiger partial charge in [-0.05, 0) is 43.2 Å². The highest BCUT2D eigenvalue weighted by atomic mass is 16.4. The number of aliphatic imine (C=N–C) groups is 1. The van der Waals surface area contributed by atoms with E-state index in [1.807, 2.05) is 19.1 Å². The highest BCUT2D eigenvalue weighted by molar-refractivity contribution is 6.52. The SMILES string of the molecule is CC1=c2c(cc3c(c2C)N=c2cccc(O)c2=3)N=C1C(=O)O. The van der Waals surface area contributed by atoms with Crippen LogP contribution in [-0.2, 0) is 4.79 Å². The lowest BCUT2D eigenvalue weighted by Crippen LogP contribution is -2.16. The van der Waals surface area contributed by atoms with Crippen molar-refractivity contribution < 1.29 is 15.0 Å². The molecular weight excluding hydrogens is 280 g/mol. The number of fused-ring (bicyclic) bond motifs is 3. The largest absolute Gasteiger partial charge is 0.507 e. The van der Waals surface area contributed by atoms with E-state index in [9.17, 15) is 15.0 Å². The van der Waals surface area contributed by atoms with Gasteiger partial charge in [-0.3, -0.25) is 0 Å². The molecule has 0 fully saturated rings. The van der Waals surface area contributed by atoms with Gasteiger partial charge in [-0.1, -0.05) is 6.07 Å². The lowest BCUT2D eigenvalue weighted by molar-refractivity contribution is -0.129. The fourth-order valence-corrected chi connectivity index (χ4v) is 3.23. The van der Waals surface area contributed by atoms with E-state index in [2.05, 4.69) is 9.98 Å². The summed E-state index contributed by atoms with van der Waals surface area (Å²) in [5.41, 5.74) is 3.01. The summed E-state index contributed by atoms with van der Waals surface area (Å²) in [6, 6.07) is 7.04. The fraction of sp³-hybridized carbons (Fsp3) is 0.118. The summed E-state index contributed by atoms with van der Waals surface area (Å²) in [6.07, 6.45) is 0.